The summed E-state index contributed by atoms with van der Waals surface area (Å²) in [4.78, 5) is 14.8. The summed E-state index contributed by atoms with van der Waals surface area (Å²) >= 11 is 1.61. The lowest BCUT2D eigenvalue weighted by molar-refractivity contribution is -0.115. The van der Waals surface area contributed by atoms with Crippen molar-refractivity contribution in [3.8, 4) is 0 Å². The molecule has 1 aromatic rings. The number of rotatable bonds is 4. The van der Waals surface area contributed by atoms with Gasteiger partial charge in [-0.3, -0.25) is 9.69 Å². The zero-order valence-corrected chi connectivity index (χ0v) is 14.9. The lowest BCUT2D eigenvalue weighted by atomic mass is 9.87. The minimum Gasteiger partial charge on any atom is -0.324 e. The number of carbonyl (C=O) groups excluding carboxylic acids is 1. The molecule has 1 aromatic carbocycles. The summed E-state index contributed by atoms with van der Waals surface area (Å²) in [5.74, 6) is 0.112. The van der Waals surface area contributed by atoms with E-state index in [1.807, 2.05) is 19.3 Å². The Bertz CT molecular complexity index is 693. The smallest absolute Gasteiger partial charge is 0.242 e. The lowest BCUT2D eigenvalue weighted by Gasteiger charge is -2.31. The third-order valence-corrected chi connectivity index (χ3v) is 5.87. The van der Waals surface area contributed by atoms with E-state index in [0.717, 1.165) is 42.9 Å². The predicted molar refractivity (Wildman–Crippen MR) is 99.8 cm³/mol. The molecule has 0 aromatic heterocycles. The van der Waals surface area contributed by atoms with E-state index in [9.17, 15) is 4.79 Å². The van der Waals surface area contributed by atoms with Gasteiger partial charge in [-0.1, -0.05) is 25.7 Å². The maximum absolute atomic E-state index is 12.3. The number of allylic oxidation sites excluding steroid dienone is 3. The Kier molecular flexibility index (Phi) is 4.64. The summed E-state index contributed by atoms with van der Waals surface area (Å²) in [6, 6.07) is 2.21. The molecule has 0 radical (unpaired) electrons. The average Bonchev–Trinajstić information content (AvgIpc) is 2.90. The van der Waals surface area contributed by atoms with Gasteiger partial charge < -0.3 is 5.32 Å². The van der Waals surface area contributed by atoms with Crippen LogP contribution < -0.4 is 5.32 Å². The zero-order valence-electron chi connectivity index (χ0n) is 14.1. The van der Waals surface area contributed by atoms with Crippen molar-refractivity contribution in [2.45, 2.75) is 32.1 Å². The van der Waals surface area contributed by atoms with Crippen molar-refractivity contribution in [1.29, 1.82) is 0 Å². The molecule has 4 heteroatoms. The van der Waals surface area contributed by atoms with Crippen LogP contribution >= 0.6 is 11.8 Å². The minimum absolute atomic E-state index is 0.103. The first-order valence-electron chi connectivity index (χ1n) is 8.18. The number of thioether (sulfide) groups is 1. The zero-order chi connectivity index (χ0) is 16.6. The highest BCUT2D eigenvalue weighted by molar-refractivity contribution is 7.99. The van der Waals surface area contributed by atoms with Crippen LogP contribution in [0.15, 0.2) is 24.8 Å². The standard InChI is InChI=1S/C19H24N2OS/c1-5-12(6-2)14-10-15-17(20-19(22)18(15)23-4)16-11-21(7-3)9-8-13(14)16/h5-6,10,18H,1,7-9,11H2,2-4H3,(H,20,22)/b12-6+. The van der Waals surface area contributed by atoms with Crippen molar-refractivity contribution in [1.82, 2.24) is 4.90 Å². The number of hydrogen-bond donors (Lipinski definition) is 1. The molecule has 2 aliphatic rings. The van der Waals surface area contributed by atoms with Gasteiger partial charge >= 0.3 is 0 Å². The number of anilines is 1. The third kappa shape index (κ3) is 2.64. The number of amides is 1. The molecule has 2 aliphatic heterocycles. The van der Waals surface area contributed by atoms with E-state index in [0.29, 0.717) is 0 Å². The van der Waals surface area contributed by atoms with Gasteiger partial charge in [-0.2, -0.15) is 0 Å². The van der Waals surface area contributed by atoms with E-state index in [1.165, 1.54) is 16.7 Å². The van der Waals surface area contributed by atoms with Crippen LogP contribution in [-0.2, 0) is 17.8 Å². The number of likely N-dealkylation sites (N-methyl/N-ethyl adjacent to an activating group) is 1. The average molecular weight is 328 g/mol. The van der Waals surface area contributed by atoms with Crippen molar-refractivity contribution < 1.29 is 4.79 Å². The van der Waals surface area contributed by atoms with Gasteiger partial charge in [-0.15, -0.1) is 11.8 Å². The first-order valence-corrected chi connectivity index (χ1v) is 9.47. The molecule has 122 valence electrons. The Hall–Kier alpha value is -1.52. The fourth-order valence-electron chi connectivity index (χ4n) is 3.66. The number of carbonyl (C=O) groups is 1. The maximum atomic E-state index is 12.3. The van der Waals surface area contributed by atoms with E-state index < -0.39 is 0 Å². The van der Waals surface area contributed by atoms with Gasteiger partial charge in [0.25, 0.3) is 0 Å². The van der Waals surface area contributed by atoms with Gasteiger partial charge in [0.1, 0.15) is 5.25 Å². The largest absolute Gasteiger partial charge is 0.324 e. The molecule has 0 bridgehead atoms. The van der Waals surface area contributed by atoms with Gasteiger partial charge in [-0.05, 0) is 60.0 Å². The lowest BCUT2D eigenvalue weighted by Crippen LogP contribution is -2.31. The monoisotopic (exact) mass is 328 g/mol. The molecule has 0 spiro atoms. The molecule has 1 amide bonds. The summed E-state index contributed by atoms with van der Waals surface area (Å²) in [6.45, 7) is 11.2. The van der Waals surface area contributed by atoms with Crippen LogP contribution in [0.1, 0.15) is 41.4 Å². The van der Waals surface area contributed by atoms with E-state index in [4.69, 9.17) is 0 Å². The Balaban J connectivity index is 2.23. The predicted octanol–water partition coefficient (Wildman–Crippen LogP) is 4.01. The van der Waals surface area contributed by atoms with E-state index in [2.05, 4.69) is 35.9 Å². The number of fused-ring (bicyclic) bond motifs is 3. The molecule has 1 atom stereocenters. The van der Waals surface area contributed by atoms with Crippen LogP contribution in [0.4, 0.5) is 5.69 Å². The van der Waals surface area contributed by atoms with Crippen LogP contribution in [0.3, 0.4) is 0 Å². The van der Waals surface area contributed by atoms with Gasteiger partial charge in [0.05, 0.1) is 5.69 Å². The van der Waals surface area contributed by atoms with Crippen LogP contribution in [0.2, 0.25) is 0 Å². The third-order valence-electron chi connectivity index (χ3n) is 4.93. The van der Waals surface area contributed by atoms with E-state index in [-0.39, 0.29) is 11.2 Å². The molecular weight excluding hydrogens is 304 g/mol. The Morgan fingerprint density at radius 2 is 2.30 bits per heavy atom. The van der Waals surface area contributed by atoms with Crippen molar-refractivity contribution in [2.75, 3.05) is 24.7 Å². The van der Waals surface area contributed by atoms with Crippen LogP contribution in [-0.4, -0.2) is 30.2 Å². The van der Waals surface area contributed by atoms with Gasteiger partial charge in [0.2, 0.25) is 5.91 Å². The van der Waals surface area contributed by atoms with Crippen LogP contribution in [0.5, 0.6) is 0 Å². The quantitative estimate of drug-likeness (QED) is 0.848. The summed E-state index contributed by atoms with van der Waals surface area (Å²) in [5, 5.41) is 3.04. The van der Waals surface area contributed by atoms with Crippen molar-refractivity contribution in [3.63, 3.8) is 0 Å². The number of nitrogens with one attached hydrogen (secondary N) is 1. The summed E-state index contributed by atoms with van der Waals surface area (Å²) in [6.07, 6.45) is 7.06. The van der Waals surface area contributed by atoms with Gasteiger partial charge in [-0.25, -0.2) is 0 Å². The molecule has 0 fully saturated rings. The number of benzene rings is 1. The van der Waals surface area contributed by atoms with Crippen LogP contribution in [0, 0.1) is 0 Å². The highest BCUT2D eigenvalue weighted by Gasteiger charge is 2.35. The van der Waals surface area contributed by atoms with E-state index >= 15 is 0 Å². The molecule has 1 N–H and O–H groups in total. The first-order chi connectivity index (χ1) is 11.1. The van der Waals surface area contributed by atoms with Gasteiger partial charge in [0, 0.05) is 13.1 Å². The molecule has 1 unspecified atom stereocenters. The van der Waals surface area contributed by atoms with Crippen LogP contribution in [0.25, 0.3) is 5.57 Å². The molecule has 0 saturated carbocycles. The molecule has 3 nitrogen and oxygen atoms in total. The van der Waals surface area contributed by atoms with Crippen molar-refractivity contribution >= 4 is 28.9 Å². The fraction of sp³-hybridized carbons (Fsp3) is 0.421. The Morgan fingerprint density at radius 3 is 2.91 bits per heavy atom. The SMILES string of the molecule is C=C/C(=C\C)c1cc2c(c3c1CCN(CC)C3)NC(=O)C2SC. The summed E-state index contributed by atoms with van der Waals surface area (Å²) < 4.78 is 0. The highest BCUT2D eigenvalue weighted by Crippen LogP contribution is 2.45. The number of hydrogen-bond acceptors (Lipinski definition) is 3. The topological polar surface area (TPSA) is 32.3 Å². The molecular formula is C19H24N2OS. The summed E-state index contributed by atoms with van der Waals surface area (Å²) in [7, 11) is 0. The van der Waals surface area contributed by atoms with Crippen molar-refractivity contribution in [3.05, 3.63) is 47.1 Å². The minimum atomic E-state index is -0.103. The molecule has 0 saturated heterocycles. The molecule has 0 aliphatic carbocycles. The molecule has 2 heterocycles. The maximum Gasteiger partial charge on any atom is 0.242 e. The fourth-order valence-corrected chi connectivity index (χ4v) is 4.38. The first kappa shape index (κ1) is 16.3. The van der Waals surface area contributed by atoms with E-state index in [1.54, 1.807) is 11.8 Å². The summed E-state index contributed by atoms with van der Waals surface area (Å²) in [5.41, 5.74) is 7.29. The second-order valence-electron chi connectivity index (χ2n) is 6.02. The second-order valence-corrected chi connectivity index (χ2v) is 6.96. The van der Waals surface area contributed by atoms with Crippen molar-refractivity contribution in [2.24, 2.45) is 0 Å². The molecule has 3 rings (SSSR count). The number of nitrogens with zero attached hydrogens (tertiary/aromatic N) is 1. The Morgan fingerprint density at radius 1 is 1.52 bits per heavy atom. The highest BCUT2D eigenvalue weighted by atomic mass is 32.2. The Labute approximate surface area is 142 Å². The second kappa shape index (κ2) is 6.54. The normalized spacial score (nSPS) is 20.9. The van der Waals surface area contributed by atoms with Gasteiger partial charge in [0.15, 0.2) is 0 Å². The molecule has 23 heavy (non-hydrogen) atoms.